The van der Waals surface area contributed by atoms with E-state index >= 15 is 0 Å². The van der Waals surface area contributed by atoms with Gasteiger partial charge in [0.25, 0.3) is 0 Å². The number of pyridine rings is 1. The number of β-lactam (4-membered cyclic amide) rings is 1. The summed E-state index contributed by atoms with van der Waals surface area (Å²) in [6.07, 6.45) is 4.13. The van der Waals surface area contributed by atoms with Gasteiger partial charge in [-0.3, -0.25) is 9.78 Å². The molecule has 0 radical (unpaired) electrons. The lowest BCUT2D eigenvalue weighted by Crippen LogP contribution is -2.48. The van der Waals surface area contributed by atoms with Gasteiger partial charge < -0.3 is 10.6 Å². The van der Waals surface area contributed by atoms with E-state index in [1.165, 1.54) is 0 Å². The third kappa shape index (κ3) is 1.48. The summed E-state index contributed by atoms with van der Waals surface area (Å²) in [6, 6.07) is 4.08. The van der Waals surface area contributed by atoms with Crippen molar-refractivity contribution in [1.82, 2.24) is 9.88 Å². The predicted molar refractivity (Wildman–Crippen MR) is 52.4 cm³/mol. The van der Waals surface area contributed by atoms with Gasteiger partial charge in [-0.1, -0.05) is 6.07 Å². The molecule has 2 N–H and O–H groups in total. The summed E-state index contributed by atoms with van der Waals surface area (Å²) in [4.78, 5) is 17.1. The molecule has 1 aliphatic rings. The summed E-state index contributed by atoms with van der Waals surface area (Å²) in [7, 11) is 0. The van der Waals surface area contributed by atoms with E-state index in [1.807, 2.05) is 12.1 Å². The van der Waals surface area contributed by atoms with Crippen molar-refractivity contribution in [3.8, 4) is 0 Å². The lowest BCUT2D eigenvalue weighted by Gasteiger charge is -2.40. The topological polar surface area (TPSA) is 59.2 Å². The molecule has 2 heterocycles. The minimum Gasteiger partial charge on any atom is -0.334 e. The minimum atomic E-state index is 0.185. The lowest BCUT2D eigenvalue weighted by molar-refractivity contribution is -0.146. The molecular weight excluding hydrogens is 178 g/mol. The standard InChI is InChI=1S/C10H13N3O/c11-3-5-13-9(6-10(13)14)8-2-1-4-12-7-8/h1-2,4,7,9H,3,5-6,11H2. The fourth-order valence-electron chi connectivity index (χ4n) is 1.74. The van der Waals surface area contributed by atoms with E-state index in [2.05, 4.69) is 4.98 Å². The Bertz CT molecular complexity index is 325. The van der Waals surface area contributed by atoms with E-state index < -0.39 is 0 Å². The molecule has 2 rings (SSSR count). The SMILES string of the molecule is NCCN1C(=O)CC1c1cccnc1. The van der Waals surface area contributed by atoms with Crippen LogP contribution in [0.4, 0.5) is 0 Å². The van der Waals surface area contributed by atoms with Crippen LogP contribution in [0, 0.1) is 0 Å². The van der Waals surface area contributed by atoms with Crippen LogP contribution in [0.5, 0.6) is 0 Å². The number of hydrogen-bond acceptors (Lipinski definition) is 3. The predicted octanol–water partition coefficient (Wildman–Crippen LogP) is 0.314. The molecule has 4 nitrogen and oxygen atoms in total. The Morgan fingerprint density at radius 2 is 2.50 bits per heavy atom. The fourth-order valence-corrected chi connectivity index (χ4v) is 1.74. The number of nitrogens with zero attached hydrogens (tertiary/aromatic N) is 2. The fraction of sp³-hybridized carbons (Fsp3) is 0.400. The van der Waals surface area contributed by atoms with E-state index in [0.717, 1.165) is 5.56 Å². The van der Waals surface area contributed by atoms with Gasteiger partial charge in [0.05, 0.1) is 12.5 Å². The van der Waals surface area contributed by atoms with Crippen LogP contribution in [0.3, 0.4) is 0 Å². The number of amides is 1. The first-order valence-electron chi connectivity index (χ1n) is 4.72. The smallest absolute Gasteiger partial charge is 0.225 e. The Hall–Kier alpha value is -1.42. The van der Waals surface area contributed by atoms with Gasteiger partial charge in [-0.25, -0.2) is 0 Å². The van der Waals surface area contributed by atoms with Crippen molar-refractivity contribution in [2.75, 3.05) is 13.1 Å². The van der Waals surface area contributed by atoms with Crippen molar-refractivity contribution in [3.63, 3.8) is 0 Å². The summed E-state index contributed by atoms with van der Waals surface area (Å²) in [5.41, 5.74) is 6.53. The average Bonchev–Trinajstić information content (AvgIpc) is 2.24. The molecule has 14 heavy (non-hydrogen) atoms. The second kappa shape index (κ2) is 3.75. The van der Waals surface area contributed by atoms with Crippen molar-refractivity contribution >= 4 is 5.91 Å². The second-order valence-corrected chi connectivity index (χ2v) is 3.38. The third-order valence-electron chi connectivity index (χ3n) is 2.50. The highest BCUT2D eigenvalue weighted by molar-refractivity contribution is 5.83. The Kier molecular flexibility index (Phi) is 2.45. The van der Waals surface area contributed by atoms with Crippen LogP contribution in [-0.4, -0.2) is 28.9 Å². The quantitative estimate of drug-likeness (QED) is 0.700. The molecule has 0 spiro atoms. The van der Waals surface area contributed by atoms with Gasteiger partial charge in [0.1, 0.15) is 0 Å². The highest BCUT2D eigenvalue weighted by atomic mass is 16.2. The summed E-state index contributed by atoms with van der Waals surface area (Å²) < 4.78 is 0. The average molecular weight is 191 g/mol. The van der Waals surface area contributed by atoms with Gasteiger partial charge in [0.15, 0.2) is 0 Å². The minimum absolute atomic E-state index is 0.185. The van der Waals surface area contributed by atoms with Crippen LogP contribution in [0.1, 0.15) is 18.0 Å². The van der Waals surface area contributed by atoms with Gasteiger partial charge >= 0.3 is 0 Å². The van der Waals surface area contributed by atoms with E-state index in [1.54, 1.807) is 17.3 Å². The maximum Gasteiger partial charge on any atom is 0.225 e. The molecule has 0 saturated carbocycles. The lowest BCUT2D eigenvalue weighted by atomic mass is 9.95. The molecule has 0 aliphatic carbocycles. The van der Waals surface area contributed by atoms with Gasteiger partial charge in [0, 0.05) is 25.5 Å². The summed E-state index contributed by atoms with van der Waals surface area (Å²) in [5.74, 6) is 0.185. The maximum absolute atomic E-state index is 11.3. The molecule has 1 aromatic heterocycles. The van der Waals surface area contributed by atoms with Crippen molar-refractivity contribution < 1.29 is 4.79 Å². The van der Waals surface area contributed by atoms with Crippen LogP contribution in [0.15, 0.2) is 24.5 Å². The van der Waals surface area contributed by atoms with E-state index in [0.29, 0.717) is 19.5 Å². The molecule has 1 atom stereocenters. The summed E-state index contributed by atoms with van der Waals surface area (Å²) in [6.45, 7) is 1.15. The summed E-state index contributed by atoms with van der Waals surface area (Å²) >= 11 is 0. The first-order valence-corrected chi connectivity index (χ1v) is 4.72. The zero-order chi connectivity index (χ0) is 9.97. The molecule has 74 valence electrons. The molecule has 1 aliphatic heterocycles. The summed E-state index contributed by atoms with van der Waals surface area (Å²) in [5, 5.41) is 0. The normalized spacial score (nSPS) is 20.8. The van der Waals surface area contributed by atoms with Gasteiger partial charge in [0.2, 0.25) is 5.91 Å². The van der Waals surface area contributed by atoms with Crippen molar-refractivity contribution in [2.24, 2.45) is 5.73 Å². The van der Waals surface area contributed by atoms with Crippen LogP contribution >= 0.6 is 0 Å². The zero-order valence-electron chi connectivity index (χ0n) is 7.89. The van der Waals surface area contributed by atoms with Gasteiger partial charge in [-0.2, -0.15) is 0 Å². The van der Waals surface area contributed by atoms with Crippen LogP contribution < -0.4 is 5.73 Å². The van der Waals surface area contributed by atoms with Gasteiger partial charge in [-0.15, -0.1) is 0 Å². The monoisotopic (exact) mass is 191 g/mol. The Balaban J connectivity index is 2.10. The largest absolute Gasteiger partial charge is 0.334 e. The van der Waals surface area contributed by atoms with Gasteiger partial charge in [-0.05, 0) is 11.6 Å². The molecule has 4 heteroatoms. The van der Waals surface area contributed by atoms with E-state index in [9.17, 15) is 4.79 Å². The number of likely N-dealkylation sites (tertiary alicyclic amines) is 1. The first kappa shape index (κ1) is 9.15. The molecule has 0 aromatic carbocycles. The van der Waals surface area contributed by atoms with Crippen molar-refractivity contribution in [3.05, 3.63) is 30.1 Å². The molecule has 1 aromatic rings. The number of carbonyl (C=O) groups excluding carboxylic acids is 1. The highest BCUT2D eigenvalue weighted by Gasteiger charge is 2.36. The molecule has 0 bridgehead atoms. The molecule has 1 amide bonds. The molecule has 1 fully saturated rings. The molecular formula is C10H13N3O. The third-order valence-corrected chi connectivity index (χ3v) is 2.50. The first-order chi connectivity index (χ1) is 6.83. The van der Waals surface area contributed by atoms with E-state index in [-0.39, 0.29) is 11.9 Å². The van der Waals surface area contributed by atoms with Crippen LogP contribution in [-0.2, 0) is 4.79 Å². The second-order valence-electron chi connectivity index (χ2n) is 3.38. The molecule has 1 saturated heterocycles. The Labute approximate surface area is 82.7 Å². The zero-order valence-corrected chi connectivity index (χ0v) is 7.89. The van der Waals surface area contributed by atoms with Crippen molar-refractivity contribution in [2.45, 2.75) is 12.5 Å². The van der Waals surface area contributed by atoms with E-state index in [4.69, 9.17) is 5.73 Å². The number of carbonyl (C=O) groups is 1. The Morgan fingerprint density at radius 1 is 1.64 bits per heavy atom. The highest BCUT2D eigenvalue weighted by Crippen LogP contribution is 2.33. The number of hydrogen-bond donors (Lipinski definition) is 1. The Morgan fingerprint density at radius 3 is 3.07 bits per heavy atom. The number of aromatic nitrogens is 1. The number of nitrogens with two attached hydrogens (primary N) is 1. The maximum atomic E-state index is 11.3. The van der Waals surface area contributed by atoms with Crippen LogP contribution in [0.25, 0.3) is 0 Å². The molecule has 1 unspecified atom stereocenters. The van der Waals surface area contributed by atoms with Crippen LogP contribution in [0.2, 0.25) is 0 Å². The van der Waals surface area contributed by atoms with Crippen molar-refractivity contribution in [1.29, 1.82) is 0 Å². The number of rotatable bonds is 3.